The minimum absolute atomic E-state index is 0.0850. The van der Waals surface area contributed by atoms with E-state index in [0.717, 1.165) is 12.8 Å². The minimum atomic E-state index is -3.83. The number of hydrogen-bond acceptors (Lipinski definition) is 6. The quantitative estimate of drug-likeness (QED) is 0.777. The predicted molar refractivity (Wildman–Crippen MR) is 108 cm³/mol. The Bertz CT molecular complexity index is 1060. The number of piperidine rings is 1. The van der Waals surface area contributed by atoms with Gasteiger partial charge < -0.3 is 15.4 Å². The van der Waals surface area contributed by atoms with E-state index in [9.17, 15) is 13.2 Å². The second kappa shape index (κ2) is 7.70. The molecule has 0 aliphatic carbocycles. The van der Waals surface area contributed by atoms with E-state index in [1.807, 2.05) is 0 Å². The van der Waals surface area contributed by atoms with Gasteiger partial charge >= 0.3 is 10.2 Å². The lowest BCUT2D eigenvalue weighted by Crippen LogP contribution is -2.42. The molecule has 29 heavy (non-hydrogen) atoms. The summed E-state index contributed by atoms with van der Waals surface area (Å²) in [5, 5.41) is 0. The van der Waals surface area contributed by atoms with E-state index in [1.165, 1.54) is 0 Å². The highest BCUT2D eigenvalue weighted by atomic mass is 32.2. The summed E-state index contributed by atoms with van der Waals surface area (Å²) < 4.78 is 35.2. The molecule has 9 nitrogen and oxygen atoms in total. The number of amidine groups is 1. The Labute approximate surface area is 168 Å². The van der Waals surface area contributed by atoms with Crippen molar-refractivity contribution in [1.29, 1.82) is 0 Å². The van der Waals surface area contributed by atoms with E-state index >= 15 is 0 Å². The molecular weight excluding hydrogens is 394 g/mol. The highest BCUT2D eigenvalue weighted by molar-refractivity contribution is 7.91. The summed E-state index contributed by atoms with van der Waals surface area (Å²) in [4.78, 5) is 18.6. The van der Waals surface area contributed by atoms with Crippen LogP contribution in [-0.2, 0) is 10.2 Å². The second-order valence-electron chi connectivity index (χ2n) is 7.02. The van der Waals surface area contributed by atoms with Crippen LogP contribution in [0.2, 0.25) is 0 Å². The molecule has 0 bridgehead atoms. The lowest BCUT2D eigenvalue weighted by atomic mass is 9.98. The Kier molecular flexibility index (Phi) is 5.10. The maximum absolute atomic E-state index is 12.6. The number of pyridine rings is 1. The first-order valence-electron chi connectivity index (χ1n) is 9.27. The number of anilines is 1. The molecule has 4 rings (SSSR count). The standard InChI is InChI=1S/C19H21N5O4S/c20-18-17-14(22-29(26,27)23-18)7-3-8-16(17)28-12-13-5-4-10-24(11-13)19(25)15-6-1-2-9-21-15/h1-3,6-9,13,22H,4-5,10-12H2,(H2,20,23)/t13-/m0/s1. The van der Waals surface area contributed by atoms with Crippen LogP contribution in [0.3, 0.4) is 0 Å². The monoisotopic (exact) mass is 415 g/mol. The number of fused-ring (bicyclic) bond motifs is 1. The molecule has 3 N–H and O–H groups in total. The number of aromatic nitrogens is 1. The van der Waals surface area contributed by atoms with E-state index in [4.69, 9.17) is 10.5 Å². The fourth-order valence-electron chi connectivity index (χ4n) is 3.58. The number of ether oxygens (including phenoxy) is 1. The minimum Gasteiger partial charge on any atom is -0.492 e. The summed E-state index contributed by atoms with van der Waals surface area (Å²) in [5.41, 5.74) is 7.05. The number of nitrogens with zero attached hydrogens (tertiary/aromatic N) is 3. The van der Waals surface area contributed by atoms with E-state index in [1.54, 1.807) is 47.5 Å². The van der Waals surface area contributed by atoms with Gasteiger partial charge in [0.05, 0.1) is 17.9 Å². The molecule has 1 saturated heterocycles. The molecule has 0 unspecified atom stereocenters. The van der Waals surface area contributed by atoms with Crippen molar-refractivity contribution in [1.82, 2.24) is 9.88 Å². The van der Waals surface area contributed by atoms with Crippen molar-refractivity contribution in [3.05, 3.63) is 53.9 Å². The lowest BCUT2D eigenvalue weighted by molar-refractivity contribution is 0.0627. The van der Waals surface area contributed by atoms with Gasteiger partial charge in [0.15, 0.2) is 5.84 Å². The average molecular weight is 415 g/mol. The normalized spacial score (nSPS) is 20.2. The van der Waals surface area contributed by atoms with Gasteiger partial charge in [0.2, 0.25) is 0 Å². The number of amides is 1. The first-order chi connectivity index (χ1) is 13.9. The van der Waals surface area contributed by atoms with E-state index in [-0.39, 0.29) is 17.7 Å². The maximum Gasteiger partial charge on any atom is 0.344 e. The summed E-state index contributed by atoms with van der Waals surface area (Å²) in [7, 11) is -3.83. The Morgan fingerprint density at radius 1 is 1.28 bits per heavy atom. The predicted octanol–water partition coefficient (Wildman–Crippen LogP) is 1.39. The van der Waals surface area contributed by atoms with Crippen LogP contribution in [0, 0.1) is 5.92 Å². The van der Waals surface area contributed by atoms with Gasteiger partial charge in [-0.25, -0.2) is 0 Å². The van der Waals surface area contributed by atoms with E-state index in [2.05, 4.69) is 14.1 Å². The Morgan fingerprint density at radius 3 is 2.93 bits per heavy atom. The zero-order valence-corrected chi connectivity index (χ0v) is 16.4. The third-order valence-corrected chi connectivity index (χ3v) is 5.82. The number of carbonyl (C=O) groups excluding carboxylic acids is 1. The molecule has 10 heteroatoms. The SMILES string of the molecule is NC1=NS(=O)(=O)Nc2cccc(OC[C@H]3CCCN(C(=O)c4ccccn4)C3)c21. The number of carbonyl (C=O) groups is 1. The molecule has 152 valence electrons. The van der Waals surface area contributed by atoms with Crippen LogP contribution in [0.4, 0.5) is 5.69 Å². The van der Waals surface area contributed by atoms with Gasteiger partial charge in [-0.3, -0.25) is 14.5 Å². The van der Waals surface area contributed by atoms with Crippen LogP contribution in [0.5, 0.6) is 5.75 Å². The number of likely N-dealkylation sites (tertiary alicyclic amines) is 1. The molecule has 1 amide bonds. The molecule has 2 aliphatic rings. The third kappa shape index (κ3) is 4.16. The molecule has 0 spiro atoms. The summed E-state index contributed by atoms with van der Waals surface area (Å²) in [5.74, 6) is 0.410. The highest BCUT2D eigenvalue weighted by Crippen LogP contribution is 2.31. The van der Waals surface area contributed by atoms with Gasteiger partial charge in [0.25, 0.3) is 5.91 Å². The highest BCUT2D eigenvalue weighted by Gasteiger charge is 2.27. The number of nitrogens with two attached hydrogens (primary N) is 1. The summed E-state index contributed by atoms with van der Waals surface area (Å²) in [6, 6.07) is 10.3. The van der Waals surface area contributed by atoms with Crippen molar-refractivity contribution in [3.63, 3.8) is 0 Å². The molecule has 1 aromatic carbocycles. The first kappa shape index (κ1) is 19.2. The van der Waals surface area contributed by atoms with Gasteiger partial charge in [0.1, 0.15) is 11.4 Å². The Balaban J connectivity index is 1.44. The van der Waals surface area contributed by atoms with Crippen LogP contribution in [-0.4, -0.2) is 49.7 Å². The van der Waals surface area contributed by atoms with Crippen LogP contribution in [0.15, 0.2) is 47.0 Å². The van der Waals surface area contributed by atoms with Gasteiger partial charge in [-0.15, -0.1) is 4.40 Å². The maximum atomic E-state index is 12.6. The van der Waals surface area contributed by atoms with Gasteiger partial charge in [0, 0.05) is 25.2 Å². The number of rotatable bonds is 4. The van der Waals surface area contributed by atoms with Crippen molar-refractivity contribution < 1.29 is 17.9 Å². The number of benzene rings is 1. The molecule has 2 aromatic rings. The molecule has 0 saturated carbocycles. The van der Waals surface area contributed by atoms with Crippen molar-refractivity contribution in [2.45, 2.75) is 12.8 Å². The fraction of sp³-hybridized carbons (Fsp3) is 0.316. The molecule has 0 radical (unpaired) electrons. The fourth-order valence-corrected chi connectivity index (χ4v) is 4.43. The van der Waals surface area contributed by atoms with Gasteiger partial charge in [-0.2, -0.15) is 8.42 Å². The van der Waals surface area contributed by atoms with Crippen LogP contribution >= 0.6 is 0 Å². The van der Waals surface area contributed by atoms with Crippen LogP contribution in [0.25, 0.3) is 0 Å². The van der Waals surface area contributed by atoms with Crippen molar-refractivity contribution >= 4 is 27.6 Å². The molecule has 1 atom stereocenters. The van der Waals surface area contributed by atoms with Gasteiger partial charge in [-0.05, 0) is 37.1 Å². The third-order valence-electron chi connectivity index (χ3n) is 4.90. The largest absolute Gasteiger partial charge is 0.492 e. The Morgan fingerprint density at radius 2 is 2.14 bits per heavy atom. The van der Waals surface area contributed by atoms with Crippen LogP contribution in [0.1, 0.15) is 28.9 Å². The number of hydrogen-bond donors (Lipinski definition) is 2. The average Bonchev–Trinajstić information content (AvgIpc) is 2.71. The van der Waals surface area contributed by atoms with Crippen LogP contribution < -0.4 is 15.2 Å². The Hall–Kier alpha value is -3.14. The summed E-state index contributed by atoms with van der Waals surface area (Å²) >= 11 is 0. The van der Waals surface area contributed by atoms with Gasteiger partial charge in [-0.1, -0.05) is 12.1 Å². The van der Waals surface area contributed by atoms with E-state index in [0.29, 0.717) is 42.4 Å². The zero-order valence-electron chi connectivity index (χ0n) is 15.6. The van der Waals surface area contributed by atoms with E-state index < -0.39 is 10.2 Å². The molecule has 1 aromatic heterocycles. The van der Waals surface area contributed by atoms with Crippen molar-refractivity contribution in [2.75, 3.05) is 24.4 Å². The summed E-state index contributed by atoms with van der Waals surface area (Å²) in [6.45, 7) is 1.64. The molecular formula is C19H21N5O4S. The molecule has 3 heterocycles. The topological polar surface area (TPSA) is 127 Å². The lowest BCUT2D eigenvalue weighted by Gasteiger charge is -2.32. The van der Waals surface area contributed by atoms with Crippen molar-refractivity contribution in [3.8, 4) is 5.75 Å². The second-order valence-corrected chi connectivity index (χ2v) is 8.35. The van der Waals surface area contributed by atoms with Crippen molar-refractivity contribution in [2.24, 2.45) is 16.0 Å². The number of nitrogens with one attached hydrogen (secondary N) is 1. The molecule has 1 fully saturated rings. The summed E-state index contributed by atoms with van der Waals surface area (Å²) in [6.07, 6.45) is 3.41. The zero-order chi connectivity index (χ0) is 20.4. The smallest absolute Gasteiger partial charge is 0.344 e. The first-order valence-corrected chi connectivity index (χ1v) is 10.7. The molecule has 2 aliphatic heterocycles.